The van der Waals surface area contributed by atoms with E-state index >= 15 is 0 Å². The molecule has 31 heavy (non-hydrogen) atoms. The summed E-state index contributed by atoms with van der Waals surface area (Å²) in [5.74, 6) is -1.95. The highest BCUT2D eigenvalue weighted by molar-refractivity contribution is 6.10. The van der Waals surface area contributed by atoms with E-state index in [2.05, 4.69) is 10.3 Å². The Hall–Kier alpha value is -3.43. The number of aromatic nitrogens is 1. The van der Waals surface area contributed by atoms with Gasteiger partial charge in [-0.1, -0.05) is 0 Å². The van der Waals surface area contributed by atoms with E-state index in [9.17, 15) is 13.6 Å². The molecule has 1 fully saturated rings. The lowest BCUT2D eigenvalue weighted by atomic mass is 10.0. The number of carbonyl (C=O) groups is 1. The molecular formula is C22H23F2N5O2. The molecule has 0 saturated carbocycles. The van der Waals surface area contributed by atoms with Gasteiger partial charge in [0, 0.05) is 73.3 Å². The van der Waals surface area contributed by atoms with Crippen LogP contribution in [-0.2, 0) is 16.1 Å². The predicted molar refractivity (Wildman–Crippen MR) is 115 cm³/mol. The van der Waals surface area contributed by atoms with Crippen molar-refractivity contribution in [1.29, 1.82) is 5.41 Å². The van der Waals surface area contributed by atoms with Crippen LogP contribution in [0.2, 0.25) is 0 Å². The number of nitrogens with zero attached hydrogens (tertiary/aromatic N) is 2. The number of allylic oxidation sites excluding steroid dienone is 1. The van der Waals surface area contributed by atoms with E-state index in [0.29, 0.717) is 43.0 Å². The molecule has 3 rings (SSSR count). The van der Waals surface area contributed by atoms with Crippen LogP contribution in [0.25, 0.3) is 11.6 Å². The maximum absolute atomic E-state index is 14.5. The zero-order valence-electron chi connectivity index (χ0n) is 16.8. The molecule has 1 amide bonds. The van der Waals surface area contributed by atoms with E-state index in [1.807, 2.05) is 4.90 Å². The minimum atomic E-state index is -0.717. The van der Waals surface area contributed by atoms with Crippen LogP contribution in [0.5, 0.6) is 0 Å². The fourth-order valence-electron chi connectivity index (χ4n) is 3.16. The molecule has 0 unspecified atom stereocenters. The van der Waals surface area contributed by atoms with Crippen LogP contribution in [-0.4, -0.2) is 48.3 Å². The molecular weight excluding hydrogens is 404 g/mol. The van der Waals surface area contributed by atoms with Gasteiger partial charge < -0.3 is 21.2 Å². The normalized spacial score (nSPS) is 15.2. The van der Waals surface area contributed by atoms with Crippen molar-refractivity contribution in [1.82, 2.24) is 9.88 Å². The fourth-order valence-corrected chi connectivity index (χ4v) is 3.16. The number of hydrogen-bond acceptors (Lipinski definition) is 6. The van der Waals surface area contributed by atoms with Gasteiger partial charge in [0.2, 0.25) is 5.91 Å². The summed E-state index contributed by atoms with van der Waals surface area (Å²) < 4.78 is 34.2. The third-order valence-electron chi connectivity index (χ3n) is 4.80. The number of nitrogens with two attached hydrogens (primary N) is 1. The Bertz CT molecular complexity index is 1020. The third-order valence-corrected chi connectivity index (χ3v) is 4.80. The minimum Gasteiger partial charge on any atom is -0.404 e. The van der Waals surface area contributed by atoms with Crippen LogP contribution in [0.3, 0.4) is 0 Å². The monoisotopic (exact) mass is 427 g/mol. The highest BCUT2D eigenvalue weighted by atomic mass is 19.1. The number of anilines is 1. The van der Waals surface area contributed by atoms with Crippen LogP contribution in [0.15, 0.2) is 42.9 Å². The van der Waals surface area contributed by atoms with Crippen molar-refractivity contribution in [2.24, 2.45) is 5.73 Å². The molecule has 0 spiro atoms. The van der Waals surface area contributed by atoms with E-state index in [1.54, 1.807) is 6.07 Å². The molecule has 7 nitrogen and oxygen atoms in total. The Morgan fingerprint density at radius 3 is 2.77 bits per heavy atom. The number of pyridine rings is 1. The number of nitrogens with one attached hydrogen (secondary N) is 2. The average molecular weight is 427 g/mol. The summed E-state index contributed by atoms with van der Waals surface area (Å²) in [7, 11) is 0. The van der Waals surface area contributed by atoms with Crippen molar-refractivity contribution in [3.05, 3.63) is 71.2 Å². The van der Waals surface area contributed by atoms with Crippen LogP contribution in [0.4, 0.5) is 14.5 Å². The van der Waals surface area contributed by atoms with Gasteiger partial charge >= 0.3 is 0 Å². The minimum absolute atomic E-state index is 0.223. The molecule has 2 heterocycles. The van der Waals surface area contributed by atoms with Crippen molar-refractivity contribution in [2.75, 3.05) is 31.6 Å². The van der Waals surface area contributed by atoms with E-state index < -0.39 is 17.5 Å². The third kappa shape index (κ3) is 5.80. The summed E-state index contributed by atoms with van der Waals surface area (Å²) in [6, 6.07) is 3.74. The molecule has 0 atom stereocenters. The number of amides is 1. The van der Waals surface area contributed by atoms with Gasteiger partial charge in [0.15, 0.2) is 0 Å². The molecule has 0 radical (unpaired) electrons. The Morgan fingerprint density at radius 1 is 1.29 bits per heavy atom. The van der Waals surface area contributed by atoms with Crippen molar-refractivity contribution < 1.29 is 18.3 Å². The summed E-state index contributed by atoms with van der Waals surface area (Å²) in [4.78, 5) is 18.2. The zero-order chi connectivity index (χ0) is 22.2. The first-order chi connectivity index (χ1) is 15.0. The lowest BCUT2D eigenvalue weighted by Crippen LogP contribution is -2.35. The van der Waals surface area contributed by atoms with Crippen LogP contribution in [0, 0.1) is 17.0 Å². The first-order valence-corrected chi connectivity index (χ1v) is 9.65. The van der Waals surface area contributed by atoms with E-state index in [1.165, 1.54) is 30.7 Å². The molecule has 1 aromatic carbocycles. The smallest absolute Gasteiger partial charge is 0.248 e. The van der Waals surface area contributed by atoms with Gasteiger partial charge in [-0.15, -0.1) is 0 Å². The number of halogens is 2. The van der Waals surface area contributed by atoms with Crippen molar-refractivity contribution in [3.8, 4) is 0 Å². The van der Waals surface area contributed by atoms with Gasteiger partial charge in [0.1, 0.15) is 11.6 Å². The molecule has 2 aromatic rings. The molecule has 1 aromatic heterocycles. The fraction of sp³-hybridized carbons (Fsp3) is 0.227. The Kier molecular flexibility index (Phi) is 7.58. The molecule has 9 heteroatoms. The number of carbonyl (C=O) groups excluding carboxylic acids is 1. The van der Waals surface area contributed by atoms with E-state index in [4.69, 9.17) is 15.9 Å². The quantitative estimate of drug-likeness (QED) is 0.466. The van der Waals surface area contributed by atoms with Gasteiger partial charge in [0.05, 0.1) is 18.9 Å². The van der Waals surface area contributed by atoms with Crippen molar-refractivity contribution >= 4 is 29.5 Å². The topological polar surface area (TPSA) is 104 Å². The van der Waals surface area contributed by atoms with E-state index in [0.717, 1.165) is 18.3 Å². The second-order valence-corrected chi connectivity index (χ2v) is 6.86. The first kappa shape index (κ1) is 22.3. The predicted octanol–water partition coefficient (Wildman–Crippen LogP) is 2.79. The van der Waals surface area contributed by atoms with Crippen LogP contribution >= 0.6 is 0 Å². The Morgan fingerprint density at radius 2 is 2.06 bits per heavy atom. The van der Waals surface area contributed by atoms with Crippen LogP contribution < -0.4 is 11.1 Å². The van der Waals surface area contributed by atoms with Crippen LogP contribution in [0.1, 0.15) is 16.7 Å². The van der Waals surface area contributed by atoms with Crippen molar-refractivity contribution in [3.63, 3.8) is 0 Å². The highest BCUT2D eigenvalue weighted by Crippen LogP contribution is 2.22. The lowest BCUT2D eigenvalue weighted by molar-refractivity contribution is -0.111. The number of hydrogen-bond donors (Lipinski definition) is 3. The lowest BCUT2D eigenvalue weighted by Gasteiger charge is -2.26. The van der Waals surface area contributed by atoms with Gasteiger partial charge in [-0.05, 0) is 23.8 Å². The molecule has 162 valence electrons. The summed E-state index contributed by atoms with van der Waals surface area (Å²) in [5, 5.41) is 9.77. The Labute approximate surface area is 178 Å². The number of rotatable bonds is 7. The number of ether oxygens (including phenoxy) is 1. The summed E-state index contributed by atoms with van der Waals surface area (Å²) >= 11 is 0. The molecule has 0 aliphatic carbocycles. The van der Waals surface area contributed by atoms with Gasteiger partial charge in [-0.25, -0.2) is 8.78 Å². The second-order valence-electron chi connectivity index (χ2n) is 6.86. The molecule has 1 aliphatic rings. The maximum atomic E-state index is 14.5. The largest absolute Gasteiger partial charge is 0.404 e. The molecule has 4 N–H and O–H groups in total. The Balaban J connectivity index is 1.71. The second kappa shape index (κ2) is 10.6. The zero-order valence-corrected chi connectivity index (χ0v) is 16.8. The first-order valence-electron chi connectivity index (χ1n) is 9.65. The summed E-state index contributed by atoms with van der Waals surface area (Å²) in [6.07, 6.45) is 8.05. The summed E-state index contributed by atoms with van der Waals surface area (Å²) in [6.45, 7) is 2.70. The highest BCUT2D eigenvalue weighted by Gasteiger charge is 2.16. The number of benzene rings is 1. The summed E-state index contributed by atoms with van der Waals surface area (Å²) in [5.41, 5.74) is 7.11. The van der Waals surface area contributed by atoms with E-state index in [-0.39, 0.29) is 17.8 Å². The number of morpholine rings is 1. The molecule has 0 bridgehead atoms. The van der Waals surface area contributed by atoms with Crippen molar-refractivity contribution in [2.45, 2.75) is 6.54 Å². The average Bonchev–Trinajstić information content (AvgIpc) is 2.78. The van der Waals surface area contributed by atoms with Gasteiger partial charge in [-0.2, -0.15) is 0 Å². The molecule has 1 aliphatic heterocycles. The van der Waals surface area contributed by atoms with Gasteiger partial charge in [0.25, 0.3) is 0 Å². The maximum Gasteiger partial charge on any atom is 0.248 e. The standard InChI is InChI=1S/C22H23F2N5O2/c23-19-10-21(20(24)9-16(19)14-29-5-7-31-8-6-29)28-22(30)2-1-15-13-27-4-3-18(15)17(11-25)12-26/h1-4,9-13,25H,5-8,14,26H2,(H,28,30)/b2-1+,17-12+,25-11?. The SMILES string of the molecule is N=C/C(=C\N)c1ccncc1/C=C/C(=O)Nc1cc(F)c(CN2CCOCC2)cc1F. The molecule has 1 saturated heterocycles. The van der Waals surface area contributed by atoms with Gasteiger partial charge in [-0.3, -0.25) is 14.7 Å².